The molecule has 0 saturated carbocycles. The molecule has 2 aromatic heterocycles. The van der Waals surface area contributed by atoms with Crippen molar-refractivity contribution in [3.05, 3.63) is 53.5 Å². The van der Waals surface area contributed by atoms with Gasteiger partial charge in [-0.25, -0.2) is 14.6 Å². The predicted octanol–water partition coefficient (Wildman–Crippen LogP) is 3.98. The van der Waals surface area contributed by atoms with Crippen LogP contribution in [0.2, 0.25) is 0 Å². The number of Topliss-reactive ketones (excluding diaryl/α,β-unsaturated/α-hetero) is 1. The second-order valence-corrected chi connectivity index (χ2v) is 12.5. The number of ketones is 1. The van der Waals surface area contributed by atoms with E-state index < -0.39 is 21.4 Å². The van der Waals surface area contributed by atoms with E-state index in [9.17, 15) is 14.4 Å². The van der Waals surface area contributed by atoms with Crippen LogP contribution in [0, 0.1) is 11.8 Å². The van der Waals surface area contributed by atoms with E-state index >= 15 is 0 Å². The van der Waals surface area contributed by atoms with Crippen LogP contribution in [0.5, 0.6) is 17.6 Å². The largest absolute Gasteiger partial charge is 0.448 e. The highest BCUT2D eigenvalue weighted by atomic mass is 32.2. The van der Waals surface area contributed by atoms with Gasteiger partial charge in [0.15, 0.2) is 29.2 Å². The monoisotopic (exact) mass is 593 g/mol. The summed E-state index contributed by atoms with van der Waals surface area (Å²) in [5, 5.41) is 10.2. The van der Waals surface area contributed by atoms with E-state index in [4.69, 9.17) is 19.0 Å². The molecule has 6 heterocycles. The number of nitrogens with zero attached hydrogens (tertiary/aromatic N) is 5. The molecule has 4 fully saturated rings. The van der Waals surface area contributed by atoms with Crippen LogP contribution >= 0.6 is 11.8 Å². The van der Waals surface area contributed by atoms with Gasteiger partial charge >= 0.3 is 17.2 Å². The third kappa shape index (κ3) is 4.41. The fraction of sp³-hybridized carbons (Fsp3) is 0.483. The standard InChI is InChI=1S/C29H33N6O6S/c1-5-18-12-31-27(40-29(22-14-32-34-41-22)10-11-30-13-20(29)16(2)3)33-25(18)39-21-9-7-6-8-19(21)23-24-26(37)35(23,15-17(4)36)28(38)42-24/h6-9,12,14,16,20,23-24,30H,5,10-11,13,15H2,1-4H3/q+1. The molecule has 2 bridgehead atoms. The number of nitrogens with one attached hydrogen (secondary N) is 1. The Bertz CT molecular complexity index is 1520. The lowest BCUT2D eigenvalue weighted by molar-refractivity contribution is -0.816. The highest BCUT2D eigenvalue weighted by Gasteiger charge is 2.77. The number of imide groups is 1. The van der Waals surface area contributed by atoms with Crippen LogP contribution in [0.3, 0.4) is 0 Å². The molecular formula is C29H33N6O6S+. The third-order valence-corrected chi connectivity index (χ3v) is 9.79. The number of benzene rings is 1. The number of piperidine rings is 1. The van der Waals surface area contributed by atoms with Gasteiger partial charge in [-0.3, -0.25) is 4.79 Å². The lowest BCUT2D eigenvalue weighted by Crippen LogP contribution is -2.67. The summed E-state index contributed by atoms with van der Waals surface area (Å²) in [7, 11) is 0. The van der Waals surface area contributed by atoms with Crippen LogP contribution in [0.15, 0.2) is 41.2 Å². The number of aromatic nitrogens is 4. The molecule has 0 radical (unpaired) electrons. The smallest absolute Gasteiger partial charge is 0.384 e. The van der Waals surface area contributed by atoms with E-state index in [1.165, 1.54) is 6.92 Å². The number of ether oxygens (including phenoxy) is 2. The number of hydrogen-bond donors (Lipinski definition) is 1. The number of rotatable bonds is 10. The molecular weight excluding hydrogens is 560 g/mol. The summed E-state index contributed by atoms with van der Waals surface area (Å²) in [5.41, 5.74) is 0.544. The van der Waals surface area contributed by atoms with Gasteiger partial charge in [-0.15, -0.1) is 5.10 Å². The van der Waals surface area contributed by atoms with Crippen LogP contribution in [0.4, 0.5) is 4.79 Å². The van der Waals surface area contributed by atoms with Crippen molar-refractivity contribution in [1.29, 1.82) is 0 Å². The quantitative estimate of drug-likeness (QED) is 0.268. The number of thioether (sulfide) groups is 1. The van der Waals surface area contributed by atoms with Crippen molar-refractivity contribution in [2.24, 2.45) is 11.8 Å². The zero-order chi connectivity index (χ0) is 29.6. The van der Waals surface area contributed by atoms with Crippen LogP contribution in [0.1, 0.15) is 57.0 Å². The number of amides is 2. The minimum absolute atomic E-state index is 0.0254. The summed E-state index contributed by atoms with van der Waals surface area (Å²) in [6.45, 7) is 8.87. The minimum Gasteiger partial charge on any atom is -0.448 e. The SMILES string of the molecule is CCc1cnc(OC2(c3cnno3)CCNCC2C(C)C)nc1Oc1ccccc1C1C2SC(=O)[N+]1(CC(C)=O)C2=O. The van der Waals surface area contributed by atoms with Crippen molar-refractivity contribution in [2.45, 2.75) is 57.4 Å². The molecule has 13 heteroatoms. The van der Waals surface area contributed by atoms with E-state index in [1.54, 1.807) is 18.5 Å². The van der Waals surface area contributed by atoms with Crippen LogP contribution < -0.4 is 14.8 Å². The molecule has 0 spiro atoms. The van der Waals surface area contributed by atoms with E-state index in [1.807, 2.05) is 25.1 Å². The van der Waals surface area contributed by atoms with Crippen LogP contribution in [0.25, 0.3) is 0 Å². The number of aryl methyl sites for hydroxylation is 1. The second kappa shape index (κ2) is 10.9. The average molecular weight is 594 g/mol. The fourth-order valence-corrected chi connectivity index (χ4v) is 7.94. The summed E-state index contributed by atoms with van der Waals surface area (Å²) in [6.07, 6.45) is 4.46. The first-order chi connectivity index (χ1) is 20.2. The number of β-lactam (4-membered cyclic amide) rings is 1. The van der Waals surface area contributed by atoms with Crippen molar-refractivity contribution in [3.63, 3.8) is 0 Å². The molecule has 220 valence electrons. The van der Waals surface area contributed by atoms with Crippen molar-refractivity contribution in [3.8, 4) is 17.6 Å². The number of quaternary nitrogens is 1. The van der Waals surface area contributed by atoms with E-state index in [0.717, 1.165) is 17.3 Å². The normalized spacial score (nSPS) is 28.5. The highest BCUT2D eigenvalue weighted by Crippen LogP contribution is 2.59. The molecule has 2 amide bonds. The Labute approximate surface area is 247 Å². The Morgan fingerprint density at radius 2 is 2.07 bits per heavy atom. The molecule has 4 saturated heterocycles. The highest BCUT2D eigenvalue weighted by molar-refractivity contribution is 8.15. The second-order valence-electron chi connectivity index (χ2n) is 11.4. The Hall–Kier alpha value is -3.68. The first-order valence-corrected chi connectivity index (χ1v) is 15.0. The van der Waals surface area contributed by atoms with Gasteiger partial charge < -0.3 is 19.3 Å². The average Bonchev–Trinajstić information content (AvgIpc) is 3.67. The summed E-state index contributed by atoms with van der Waals surface area (Å²) in [5.74, 6) is 1.08. The van der Waals surface area contributed by atoms with E-state index in [2.05, 4.69) is 34.5 Å². The molecule has 12 nitrogen and oxygen atoms in total. The summed E-state index contributed by atoms with van der Waals surface area (Å²) >= 11 is 0.998. The number of hydrogen-bond acceptors (Lipinski definition) is 12. The molecule has 1 N–H and O–H groups in total. The molecule has 0 aliphatic carbocycles. The van der Waals surface area contributed by atoms with E-state index in [0.29, 0.717) is 48.9 Å². The van der Waals surface area contributed by atoms with Gasteiger partial charge in [-0.1, -0.05) is 32.9 Å². The van der Waals surface area contributed by atoms with Gasteiger partial charge in [0.2, 0.25) is 11.6 Å². The predicted molar refractivity (Wildman–Crippen MR) is 151 cm³/mol. The zero-order valence-electron chi connectivity index (χ0n) is 23.9. The third-order valence-electron chi connectivity index (χ3n) is 8.54. The van der Waals surface area contributed by atoms with Gasteiger partial charge in [0.25, 0.3) is 0 Å². The van der Waals surface area contributed by atoms with Crippen molar-refractivity contribution < 1.29 is 32.9 Å². The molecule has 5 atom stereocenters. The topological polar surface area (TPSA) is 146 Å². The minimum atomic E-state index is -0.883. The fourth-order valence-electron chi connectivity index (χ4n) is 6.50. The maximum absolute atomic E-state index is 13.0. The van der Waals surface area contributed by atoms with Crippen molar-refractivity contribution >= 4 is 28.7 Å². The number of carbonyl (C=O) groups excluding carboxylic acids is 3. The molecule has 42 heavy (non-hydrogen) atoms. The van der Waals surface area contributed by atoms with Crippen molar-refractivity contribution in [1.82, 2.24) is 25.7 Å². The zero-order valence-corrected chi connectivity index (χ0v) is 24.7. The van der Waals surface area contributed by atoms with Gasteiger partial charge in [0.1, 0.15) is 5.75 Å². The lowest BCUT2D eigenvalue weighted by atomic mass is 9.74. The first kappa shape index (κ1) is 28.4. The van der Waals surface area contributed by atoms with Gasteiger partial charge in [-0.2, -0.15) is 9.47 Å². The Morgan fingerprint density at radius 3 is 2.76 bits per heavy atom. The summed E-state index contributed by atoms with van der Waals surface area (Å²) in [6, 6.07) is 6.88. The van der Waals surface area contributed by atoms with Gasteiger partial charge in [-0.05, 0) is 31.0 Å². The molecule has 4 aliphatic heterocycles. The van der Waals surface area contributed by atoms with Crippen LogP contribution in [-0.2, 0) is 21.6 Å². The van der Waals surface area contributed by atoms with Gasteiger partial charge in [0, 0.05) is 54.6 Å². The maximum Gasteiger partial charge on any atom is 0.384 e. The lowest BCUT2D eigenvalue weighted by Gasteiger charge is -2.43. The summed E-state index contributed by atoms with van der Waals surface area (Å²) in [4.78, 5) is 47.3. The number of fused-ring (bicyclic) bond motifs is 1. The Balaban J connectivity index is 1.36. The van der Waals surface area contributed by atoms with Crippen molar-refractivity contribution in [2.75, 3.05) is 19.6 Å². The Morgan fingerprint density at radius 1 is 1.26 bits per heavy atom. The number of carbonyl (C=O) groups is 3. The molecule has 3 aromatic rings. The molecule has 5 unspecified atom stereocenters. The summed E-state index contributed by atoms with van der Waals surface area (Å²) < 4.78 is 18.1. The molecule has 4 aliphatic rings. The van der Waals surface area contributed by atoms with Gasteiger partial charge in [0.05, 0.1) is 11.8 Å². The first-order valence-electron chi connectivity index (χ1n) is 14.1. The maximum atomic E-state index is 13.0. The molecule has 7 rings (SSSR count). The van der Waals surface area contributed by atoms with Crippen LogP contribution in [-0.4, -0.2) is 66.6 Å². The molecule has 1 aromatic carbocycles. The van der Waals surface area contributed by atoms with E-state index in [-0.39, 0.29) is 41.3 Å². The Kier molecular flexibility index (Phi) is 7.36. The number of para-hydroxylation sites is 1.